The third kappa shape index (κ3) is 4.41. The molecule has 0 aliphatic heterocycles. The second-order valence-corrected chi connectivity index (χ2v) is 6.42. The molecule has 0 aliphatic rings. The highest BCUT2D eigenvalue weighted by Crippen LogP contribution is 2.18. The van der Waals surface area contributed by atoms with Gasteiger partial charge in [-0.2, -0.15) is 5.10 Å². The van der Waals surface area contributed by atoms with E-state index in [-0.39, 0.29) is 17.9 Å². The highest BCUT2D eigenvalue weighted by Gasteiger charge is 2.13. The molecule has 3 aromatic rings. The van der Waals surface area contributed by atoms with Crippen molar-refractivity contribution in [3.05, 3.63) is 77.5 Å². The quantitative estimate of drug-likeness (QED) is 0.728. The molecule has 1 atom stereocenters. The van der Waals surface area contributed by atoms with Gasteiger partial charge in [-0.25, -0.2) is 4.68 Å². The molecular formula is C21H22N4O2. The summed E-state index contributed by atoms with van der Waals surface area (Å²) in [6, 6.07) is 18.6. The number of nitrogens with zero attached hydrogens (tertiary/aromatic N) is 2. The molecule has 1 unspecified atom stereocenters. The van der Waals surface area contributed by atoms with E-state index in [1.165, 1.54) is 6.92 Å². The third-order valence-electron chi connectivity index (χ3n) is 4.16. The standard InChI is InChI=1S/C21H22N4O2/c1-14-13-20(23-16(3)26)25(24-14)19-11-9-18(10-12-19)21(27)22-15(2)17-7-5-4-6-8-17/h4-13,15H,1-3H3,(H,22,27)(H,23,26). The molecule has 1 aromatic heterocycles. The van der Waals surface area contributed by atoms with Gasteiger partial charge in [0.25, 0.3) is 5.91 Å². The van der Waals surface area contributed by atoms with Crippen LogP contribution in [0.25, 0.3) is 5.69 Å². The van der Waals surface area contributed by atoms with Crippen molar-refractivity contribution in [3.63, 3.8) is 0 Å². The van der Waals surface area contributed by atoms with Gasteiger partial charge < -0.3 is 10.6 Å². The maximum absolute atomic E-state index is 12.5. The average molecular weight is 362 g/mol. The summed E-state index contributed by atoms with van der Waals surface area (Å²) in [7, 11) is 0. The number of benzene rings is 2. The predicted octanol–water partition coefficient (Wildman–Crippen LogP) is 3.63. The summed E-state index contributed by atoms with van der Waals surface area (Å²) in [4.78, 5) is 23.9. The summed E-state index contributed by atoms with van der Waals surface area (Å²) in [6.45, 7) is 5.26. The van der Waals surface area contributed by atoms with Gasteiger partial charge in [0.05, 0.1) is 17.4 Å². The summed E-state index contributed by atoms with van der Waals surface area (Å²) < 4.78 is 1.64. The number of carbonyl (C=O) groups excluding carboxylic acids is 2. The summed E-state index contributed by atoms with van der Waals surface area (Å²) >= 11 is 0. The smallest absolute Gasteiger partial charge is 0.251 e. The fourth-order valence-corrected chi connectivity index (χ4v) is 2.82. The van der Waals surface area contributed by atoms with E-state index in [2.05, 4.69) is 15.7 Å². The Morgan fingerprint density at radius 1 is 1.04 bits per heavy atom. The number of rotatable bonds is 5. The molecule has 1 heterocycles. The van der Waals surface area contributed by atoms with Crippen molar-refractivity contribution >= 4 is 17.6 Å². The van der Waals surface area contributed by atoms with Gasteiger partial charge in [-0.05, 0) is 43.7 Å². The van der Waals surface area contributed by atoms with Crippen LogP contribution in [0.5, 0.6) is 0 Å². The minimum absolute atomic E-state index is 0.0847. The minimum Gasteiger partial charge on any atom is -0.346 e. The number of hydrogen-bond acceptors (Lipinski definition) is 3. The Kier molecular flexibility index (Phi) is 5.35. The first-order valence-electron chi connectivity index (χ1n) is 8.74. The van der Waals surface area contributed by atoms with E-state index in [4.69, 9.17) is 0 Å². The third-order valence-corrected chi connectivity index (χ3v) is 4.16. The molecule has 0 radical (unpaired) electrons. The molecule has 0 saturated heterocycles. The molecular weight excluding hydrogens is 340 g/mol. The van der Waals surface area contributed by atoms with Gasteiger partial charge in [-0.3, -0.25) is 9.59 Å². The Balaban J connectivity index is 1.76. The number of carbonyl (C=O) groups is 2. The highest BCUT2D eigenvalue weighted by atomic mass is 16.2. The van der Waals surface area contributed by atoms with E-state index in [1.807, 2.05) is 44.2 Å². The molecule has 138 valence electrons. The minimum atomic E-state index is -0.165. The Hall–Kier alpha value is -3.41. The van der Waals surface area contributed by atoms with Crippen LogP contribution in [0.4, 0.5) is 5.82 Å². The normalized spacial score (nSPS) is 11.7. The molecule has 2 amide bonds. The first kappa shape index (κ1) is 18.4. The lowest BCUT2D eigenvalue weighted by Gasteiger charge is -2.14. The van der Waals surface area contributed by atoms with Crippen molar-refractivity contribution in [2.75, 3.05) is 5.32 Å². The highest BCUT2D eigenvalue weighted by molar-refractivity contribution is 5.94. The van der Waals surface area contributed by atoms with Gasteiger partial charge in [-0.15, -0.1) is 0 Å². The molecule has 6 heteroatoms. The number of hydrogen-bond donors (Lipinski definition) is 2. The van der Waals surface area contributed by atoms with E-state index in [0.717, 1.165) is 16.9 Å². The van der Waals surface area contributed by atoms with E-state index < -0.39 is 0 Å². The van der Waals surface area contributed by atoms with E-state index in [1.54, 1.807) is 35.0 Å². The summed E-state index contributed by atoms with van der Waals surface area (Å²) in [5, 5.41) is 10.1. The van der Waals surface area contributed by atoms with E-state index in [9.17, 15) is 9.59 Å². The Morgan fingerprint density at radius 2 is 1.70 bits per heavy atom. The van der Waals surface area contributed by atoms with Crippen LogP contribution in [-0.2, 0) is 4.79 Å². The van der Waals surface area contributed by atoms with Gasteiger partial charge in [0.15, 0.2) is 0 Å². The monoisotopic (exact) mass is 362 g/mol. The SMILES string of the molecule is CC(=O)Nc1cc(C)nn1-c1ccc(C(=O)NC(C)c2ccccc2)cc1. The molecule has 0 bridgehead atoms. The van der Waals surface area contributed by atoms with Crippen LogP contribution in [0.2, 0.25) is 0 Å². The largest absolute Gasteiger partial charge is 0.346 e. The maximum atomic E-state index is 12.5. The van der Waals surface area contributed by atoms with Crippen LogP contribution in [0.15, 0.2) is 60.7 Å². The van der Waals surface area contributed by atoms with Gasteiger partial charge >= 0.3 is 0 Å². The van der Waals surface area contributed by atoms with Crippen molar-refractivity contribution in [3.8, 4) is 5.69 Å². The molecule has 2 aromatic carbocycles. The lowest BCUT2D eigenvalue weighted by atomic mass is 10.1. The topological polar surface area (TPSA) is 76.0 Å². The van der Waals surface area contributed by atoms with Gasteiger partial charge in [0, 0.05) is 18.6 Å². The van der Waals surface area contributed by atoms with E-state index >= 15 is 0 Å². The van der Waals surface area contributed by atoms with Crippen LogP contribution < -0.4 is 10.6 Å². The van der Waals surface area contributed by atoms with Gasteiger partial charge in [0.1, 0.15) is 5.82 Å². The van der Waals surface area contributed by atoms with Crippen molar-refractivity contribution in [1.29, 1.82) is 0 Å². The van der Waals surface area contributed by atoms with Crippen molar-refractivity contribution < 1.29 is 9.59 Å². The van der Waals surface area contributed by atoms with Crippen LogP contribution in [0, 0.1) is 6.92 Å². The number of amides is 2. The van der Waals surface area contributed by atoms with Crippen molar-refractivity contribution in [2.24, 2.45) is 0 Å². The fraction of sp³-hybridized carbons (Fsp3) is 0.190. The lowest BCUT2D eigenvalue weighted by Crippen LogP contribution is -2.26. The zero-order chi connectivity index (χ0) is 19.4. The first-order chi connectivity index (χ1) is 12.9. The molecule has 0 aliphatic carbocycles. The van der Waals surface area contributed by atoms with Gasteiger partial charge in [0.2, 0.25) is 5.91 Å². The Morgan fingerprint density at radius 3 is 2.33 bits per heavy atom. The zero-order valence-electron chi connectivity index (χ0n) is 15.6. The van der Waals surface area contributed by atoms with Crippen LogP contribution in [0.3, 0.4) is 0 Å². The van der Waals surface area contributed by atoms with Crippen LogP contribution in [-0.4, -0.2) is 21.6 Å². The van der Waals surface area contributed by atoms with Crippen molar-refractivity contribution in [1.82, 2.24) is 15.1 Å². The molecule has 27 heavy (non-hydrogen) atoms. The second kappa shape index (κ2) is 7.86. The molecule has 0 spiro atoms. The predicted molar refractivity (Wildman–Crippen MR) is 105 cm³/mol. The van der Waals surface area contributed by atoms with Crippen molar-refractivity contribution in [2.45, 2.75) is 26.8 Å². The number of anilines is 1. The van der Waals surface area contributed by atoms with Crippen LogP contribution in [0.1, 0.15) is 41.5 Å². The Labute approximate surface area is 158 Å². The van der Waals surface area contributed by atoms with E-state index in [0.29, 0.717) is 11.4 Å². The number of aryl methyl sites for hydroxylation is 1. The number of aromatic nitrogens is 2. The Bertz CT molecular complexity index is 946. The zero-order valence-corrected chi connectivity index (χ0v) is 15.6. The molecule has 3 rings (SSSR count). The lowest BCUT2D eigenvalue weighted by molar-refractivity contribution is -0.114. The fourth-order valence-electron chi connectivity index (χ4n) is 2.82. The molecule has 0 fully saturated rings. The first-order valence-corrected chi connectivity index (χ1v) is 8.74. The summed E-state index contributed by atoms with van der Waals surface area (Å²) in [6.07, 6.45) is 0. The maximum Gasteiger partial charge on any atom is 0.251 e. The molecule has 0 saturated carbocycles. The average Bonchev–Trinajstić information content (AvgIpc) is 3.02. The summed E-state index contributed by atoms with van der Waals surface area (Å²) in [5.74, 6) is 0.286. The van der Waals surface area contributed by atoms with Gasteiger partial charge in [-0.1, -0.05) is 30.3 Å². The summed E-state index contributed by atoms with van der Waals surface area (Å²) in [5.41, 5.74) is 3.16. The number of nitrogens with one attached hydrogen (secondary N) is 2. The van der Waals surface area contributed by atoms with Crippen LogP contribution >= 0.6 is 0 Å². The molecule has 2 N–H and O–H groups in total. The second-order valence-electron chi connectivity index (χ2n) is 6.42. The molecule has 6 nitrogen and oxygen atoms in total.